The van der Waals surface area contributed by atoms with Gasteiger partial charge in [0, 0.05) is 6.54 Å². The fraction of sp³-hybridized carbons (Fsp3) is 0.455. The lowest BCUT2D eigenvalue weighted by Crippen LogP contribution is -2.12. The zero-order chi connectivity index (χ0) is 11.6. The molecule has 2 nitrogen and oxygen atoms in total. The minimum Gasteiger partial charge on any atom is -0.491 e. The van der Waals surface area contributed by atoms with E-state index >= 15 is 0 Å². The van der Waals surface area contributed by atoms with Gasteiger partial charge in [-0.15, -0.1) is 0 Å². The predicted molar refractivity (Wildman–Crippen MR) is 54.7 cm³/mol. The third-order valence-corrected chi connectivity index (χ3v) is 2.45. The van der Waals surface area contributed by atoms with Crippen molar-refractivity contribution in [1.29, 1.82) is 0 Å². The van der Waals surface area contributed by atoms with Gasteiger partial charge in [0.2, 0.25) is 0 Å². The standard InChI is InChI=1S/C11H12F3NO/c12-11(13,14)8-3-4-10-9(7-8)15-5-1-2-6-16-10/h3-4,7,15H,1-2,5-6H2. The highest BCUT2D eigenvalue weighted by molar-refractivity contribution is 5.58. The van der Waals surface area contributed by atoms with Crippen molar-refractivity contribution in [3.05, 3.63) is 23.8 Å². The molecule has 0 spiro atoms. The van der Waals surface area contributed by atoms with Crippen molar-refractivity contribution in [3.8, 4) is 5.75 Å². The summed E-state index contributed by atoms with van der Waals surface area (Å²) in [5.74, 6) is 0.493. The number of alkyl halides is 3. The maximum atomic E-state index is 12.5. The van der Waals surface area contributed by atoms with Gasteiger partial charge in [0.15, 0.2) is 0 Å². The summed E-state index contributed by atoms with van der Waals surface area (Å²) >= 11 is 0. The molecule has 1 aliphatic heterocycles. The van der Waals surface area contributed by atoms with Crippen LogP contribution in [0.4, 0.5) is 18.9 Å². The minimum atomic E-state index is -4.31. The summed E-state index contributed by atoms with van der Waals surface area (Å²) in [7, 11) is 0. The van der Waals surface area contributed by atoms with Crippen molar-refractivity contribution in [2.24, 2.45) is 0 Å². The van der Waals surface area contributed by atoms with Crippen molar-refractivity contribution in [1.82, 2.24) is 0 Å². The molecule has 0 aliphatic carbocycles. The number of hydrogen-bond donors (Lipinski definition) is 1. The minimum absolute atomic E-state index is 0.425. The number of ether oxygens (including phenoxy) is 1. The van der Waals surface area contributed by atoms with Gasteiger partial charge in [-0.2, -0.15) is 13.2 Å². The normalized spacial score (nSPS) is 16.4. The van der Waals surface area contributed by atoms with Gasteiger partial charge < -0.3 is 10.1 Å². The van der Waals surface area contributed by atoms with Crippen LogP contribution in [0.2, 0.25) is 0 Å². The van der Waals surface area contributed by atoms with E-state index in [2.05, 4.69) is 5.32 Å². The van der Waals surface area contributed by atoms with Crippen molar-refractivity contribution in [2.75, 3.05) is 18.5 Å². The first-order valence-corrected chi connectivity index (χ1v) is 5.15. The van der Waals surface area contributed by atoms with Crippen LogP contribution >= 0.6 is 0 Å². The van der Waals surface area contributed by atoms with Crippen LogP contribution in [0.5, 0.6) is 5.75 Å². The van der Waals surface area contributed by atoms with E-state index in [4.69, 9.17) is 4.74 Å². The van der Waals surface area contributed by atoms with Crippen LogP contribution in [-0.2, 0) is 6.18 Å². The monoisotopic (exact) mass is 231 g/mol. The highest BCUT2D eigenvalue weighted by atomic mass is 19.4. The van der Waals surface area contributed by atoms with Crippen molar-refractivity contribution in [2.45, 2.75) is 19.0 Å². The van der Waals surface area contributed by atoms with Crippen LogP contribution < -0.4 is 10.1 Å². The second-order valence-electron chi connectivity index (χ2n) is 3.69. The third-order valence-electron chi connectivity index (χ3n) is 2.45. The number of fused-ring (bicyclic) bond motifs is 1. The molecule has 0 bridgehead atoms. The zero-order valence-electron chi connectivity index (χ0n) is 8.60. The van der Waals surface area contributed by atoms with E-state index in [0.717, 1.165) is 25.0 Å². The van der Waals surface area contributed by atoms with E-state index in [-0.39, 0.29) is 0 Å². The average molecular weight is 231 g/mol. The molecule has 5 heteroatoms. The molecule has 1 N–H and O–H groups in total. The smallest absolute Gasteiger partial charge is 0.416 e. The summed E-state index contributed by atoms with van der Waals surface area (Å²) in [6.07, 6.45) is -2.50. The van der Waals surface area contributed by atoms with Crippen molar-refractivity contribution >= 4 is 5.69 Å². The second-order valence-corrected chi connectivity index (χ2v) is 3.69. The highest BCUT2D eigenvalue weighted by Crippen LogP contribution is 2.35. The molecular weight excluding hydrogens is 219 g/mol. The van der Waals surface area contributed by atoms with E-state index in [0.29, 0.717) is 24.6 Å². The summed E-state index contributed by atoms with van der Waals surface area (Å²) in [4.78, 5) is 0. The highest BCUT2D eigenvalue weighted by Gasteiger charge is 2.31. The summed E-state index contributed by atoms with van der Waals surface area (Å²) in [6.45, 7) is 1.23. The molecule has 16 heavy (non-hydrogen) atoms. The van der Waals surface area contributed by atoms with Gasteiger partial charge in [-0.25, -0.2) is 0 Å². The lowest BCUT2D eigenvalue weighted by molar-refractivity contribution is -0.137. The molecule has 0 aromatic heterocycles. The molecule has 1 aromatic rings. The summed E-state index contributed by atoms with van der Waals surface area (Å²) in [6, 6.07) is 3.51. The lowest BCUT2D eigenvalue weighted by Gasteiger charge is -2.18. The van der Waals surface area contributed by atoms with Crippen LogP contribution in [0.1, 0.15) is 18.4 Å². The van der Waals surface area contributed by atoms with Crippen LogP contribution in [0.25, 0.3) is 0 Å². The molecule has 0 unspecified atom stereocenters. The Labute approximate surface area is 91.4 Å². The molecule has 1 heterocycles. The van der Waals surface area contributed by atoms with Gasteiger partial charge in [-0.1, -0.05) is 0 Å². The van der Waals surface area contributed by atoms with Crippen LogP contribution in [0, 0.1) is 0 Å². The van der Waals surface area contributed by atoms with Crippen LogP contribution in [0.15, 0.2) is 18.2 Å². The molecule has 1 aliphatic rings. The summed E-state index contributed by atoms with van der Waals surface area (Å²) < 4.78 is 42.8. The molecular formula is C11H12F3NO. The van der Waals surface area contributed by atoms with E-state index in [1.807, 2.05) is 0 Å². The Bertz CT molecular complexity index is 376. The fourth-order valence-electron chi connectivity index (χ4n) is 1.60. The second kappa shape index (κ2) is 4.23. The average Bonchev–Trinajstić information content (AvgIpc) is 2.16. The van der Waals surface area contributed by atoms with Gasteiger partial charge >= 0.3 is 6.18 Å². The Morgan fingerprint density at radius 3 is 2.75 bits per heavy atom. The Morgan fingerprint density at radius 1 is 1.19 bits per heavy atom. The van der Waals surface area contributed by atoms with E-state index in [9.17, 15) is 13.2 Å². The maximum Gasteiger partial charge on any atom is 0.416 e. The maximum absolute atomic E-state index is 12.5. The third kappa shape index (κ3) is 2.40. The summed E-state index contributed by atoms with van der Waals surface area (Å²) in [5, 5.41) is 2.95. The molecule has 88 valence electrons. The molecule has 0 fully saturated rings. The van der Waals surface area contributed by atoms with Gasteiger partial charge in [-0.05, 0) is 31.0 Å². The molecule has 0 saturated carbocycles. The number of halogens is 3. The number of rotatable bonds is 0. The van der Waals surface area contributed by atoms with Gasteiger partial charge in [0.25, 0.3) is 0 Å². The molecule has 0 saturated heterocycles. The molecule has 0 amide bonds. The lowest BCUT2D eigenvalue weighted by atomic mass is 10.1. The molecule has 2 rings (SSSR count). The van der Waals surface area contributed by atoms with Gasteiger partial charge in [0.05, 0.1) is 17.9 Å². The Balaban J connectivity index is 2.32. The molecule has 1 aromatic carbocycles. The Kier molecular flexibility index (Phi) is 2.94. The summed E-state index contributed by atoms with van der Waals surface area (Å²) in [5.41, 5.74) is -0.225. The molecule has 0 atom stereocenters. The number of benzene rings is 1. The quantitative estimate of drug-likeness (QED) is 0.739. The van der Waals surface area contributed by atoms with Gasteiger partial charge in [-0.3, -0.25) is 0 Å². The first kappa shape index (κ1) is 11.1. The van der Waals surface area contributed by atoms with Crippen LogP contribution in [-0.4, -0.2) is 13.2 Å². The van der Waals surface area contributed by atoms with E-state index < -0.39 is 11.7 Å². The zero-order valence-corrected chi connectivity index (χ0v) is 8.60. The predicted octanol–water partition coefficient (Wildman–Crippen LogP) is 3.29. The topological polar surface area (TPSA) is 21.3 Å². The number of hydrogen-bond acceptors (Lipinski definition) is 2. The number of nitrogens with one attached hydrogen (secondary N) is 1. The first-order valence-electron chi connectivity index (χ1n) is 5.15. The largest absolute Gasteiger partial charge is 0.491 e. The van der Waals surface area contributed by atoms with Crippen molar-refractivity contribution < 1.29 is 17.9 Å². The Hall–Kier alpha value is -1.39. The van der Waals surface area contributed by atoms with E-state index in [1.165, 1.54) is 6.07 Å². The van der Waals surface area contributed by atoms with Crippen LogP contribution in [0.3, 0.4) is 0 Å². The van der Waals surface area contributed by atoms with E-state index in [1.54, 1.807) is 0 Å². The Morgan fingerprint density at radius 2 is 2.00 bits per heavy atom. The first-order chi connectivity index (χ1) is 7.57. The van der Waals surface area contributed by atoms with Crippen molar-refractivity contribution in [3.63, 3.8) is 0 Å². The number of anilines is 1. The fourth-order valence-corrected chi connectivity index (χ4v) is 1.60. The SMILES string of the molecule is FC(F)(F)c1ccc2c(c1)NCCCCO2. The van der Waals surface area contributed by atoms with Gasteiger partial charge in [0.1, 0.15) is 5.75 Å². The molecule has 0 radical (unpaired) electrons.